The van der Waals surface area contributed by atoms with Gasteiger partial charge in [0.25, 0.3) is 0 Å². The van der Waals surface area contributed by atoms with Gasteiger partial charge >= 0.3 is 0 Å². The van der Waals surface area contributed by atoms with E-state index in [1.807, 2.05) is 4.90 Å². The van der Waals surface area contributed by atoms with Gasteiger partial charge in [-0.1, -0.05) is 32.6 Å². The zero-order valence-corrected chi connectivity index (χ0v) is 11.6. The topological polar surface area (TPSA) is 40.5 Å². The van der Waals surface area contributed by atoms with Crippen LogP contribution in [0.3, 0.4) is 0 Å². The number of carbonyl (C=O) groups is 1. The molecule has 1 saturated carbocycles. The zero-order chi connectivity index (χ0) is 13.0. The molecule has 0 bridgehead atoms. The van der Waals surface area contributed by atoms with E-state index in [-0.39, 0.29) is 12.0 Å². The Morgan fingerprint density at radius 1 is 1.28 bits per heavy atom. The van der Waals surface area contributed by atoms with Gasteiger partial charge in [0.1, 0.15) is 0 Å². The predicted molar refractivity (Wildman–Crippen MR) is 72.2 cm³/mol. The maximum atomic E-state index is 12.2. The molecule has 1 aliphatic carbocycles. The van der Waals surface area contributed by atoms with E-state index >= 15 is 0 Å². The van der Waals surface area contributed by atoms with Crippen molar-refractivity contribution >= 4 is 5.91 Å². The average Bonchev–Trinajstić information content (AvgIpc) is 2.89. The van der Waals surface area contributed by atoms with E-state index in [1.54, 1.807) is 0 Å². The molecule has 0 aromatic carbocycles. The lowest BCUT2D eigenvalue weighted by Crippen LogP contribution is -2.45. The number of rotatable bonds is 4. The molecule has 3 nitrogen and oxygen atoms in total. The van der Waals surface area contributed by atoms with Gasteiger partial charge < -0.3 is 10.0 Å². The molecule has 1 heterocycles. The maximum absolute atomic E-state index is 12.2. The van der Waals surface area contributed by atoms with Gasteiger partial charge in [0.2, 0.25) is 5.91 Å². The zero-order valence-electron chi connectivity index (χ0n) is 11.6. The molecule has 0 spiro atoms. The van der Waals surface area contributed by atoms with Gasteiger partial charge in [-0.05, 0) is 25.2 Å². The Kier molecular flexibility index (Phi) is 5.04. The van der Waals surface area contributed by atoms with Gasteiger partial charge in [0, 0.05) is 25.4 Å². The Hall–Kier alpha value is -0.570. The molecule has 0 aromatic rings. The smallest absolute Gasteiger partial charge is 0.222 e. The monoisotopic (exact) mass is 253 g/mol. The summed E-state index contributed by atoms with van der Waals surface area (Å²) >= 11 is 0. The summed E-state index contributed by atoms with van der Waals surface area (Å²) in [6.45, 7) is 3.61. The number of piperidine rings is 1. The summed E-state index contributed by atoms with van der Waals surface area (Å²) in [6.07, 6.45) is 8.67. The van der Waals surface area contributed by atoms with Crippen LogP contribution in [-0.4, -0.2) is 35.1 Å². The third-order valence-electron chi connectivity index (χ3n) is 4.81. The molecule has 2 aliphatic rings. The highest BCUT2D eigenvalue weighted by atomic mass is 16.3. The standard InChI is InChI=1S/C15H27NO2/c1-2-13-11-16(10-9-14(13)17)15(18)8-7-12-5-3-4-6-12/h12-14,17H,2-11H2,1H3. The van der Waals surface area contributed by atoms with Crippen LogP contribution in [0, 0.1) is 11.8 Å². The van der Waals surface area contributed by atoms with Crippen molar-refractivity contribution in [2.45, 2.75) is 64.4 Å². The summed E-state index contributed by atoms with van der Waals surface area (Å²) in [5, 5.41) is 9.83. The van der Waals surface area contributed by atoms with Gasteiger partial charge in [-0.25, -0.2) is 0 Å². The second-order valence-electron chi connectivity index (χ2n) is 6.05. The number of likely N-dealkylation sites (tertiary alicyclic amines) is 1. The Bertz CT molecular complexity index is 274. The van der Waals surface area contributed by atoms with Crippen LogP contribution in [0.15, 0.2) is 0 Å². The number of aliphatic hydroxyl groups excluding tert-OH is 1. The molecule has 2 unspecified atom stereocenters. The highest BCUT2D eigenvalue weighted by Gasteiger charge is 2.29. The number of carbonyl (C=O) groups excluding carboxylic acids is 1. The number of nitrogens with zero attached hydrogens (tertiary/aromatic N) is 1. The van der Waals surface area contributed by atoms with Crippen LogP contribution in [-0.2, 0) is 4.79 Å². The Morgan fingerprint density at radius 3 is 2.67 bits per heavy atom. The number of hydrogen-bond donors (Lipinski definition) is 1. The second-order valence-corrected chi connectivity index (χ2v) is 6.05. The van der Waals surface area contributed by atoms with E-state index in [4.69, 9.17) is 0 Å². The third kappa shape index (κ3) is 3.47. The quantitative estimate of drug-likeness (QED) is 0.836. The van der Waals surface area contributed by atoms with Crippen molar-refractivity contribution in [2.24, 2.45) is 11.8 Å². The summed E-state index contributed by atoms with van der Waals surface area (Å²) in [5.41, 5.74) is 0. The van der Waals surface area contributed by atoms with Gasteiger partial charge in [-0.15, -0.1) is 0 Å². The average molecular weight is 253 g/mol. The van der Waals surface area contributed by atoms with Gasteiger partial charge in [0.15, 0.2) is 0 Å². The maximum Gasteiger partial charge on any atom is 0.222 e. The van der Waals surface area contributed by atoms with Crippen molar-refractivity contribution in [3.05, 3.63) is 0 Å². The van der Waals surface area contributed by atoms with Crippen molar-refractivity contribution in [3.63, 3.8) is 0 Å². The molecule has 1 aliphatic heterocycles. The van der Waals surface area contributed by atoms with E-state index in [2.05, 4.69) is 6.92 Å². The van der Waals surface area contributed by atoms with Crippen LogP contribution >= 0.6 is 0 Å². The van der Waals surface area contributed by atoms with Gasteiger partial charge in [0.05, 0.1) is 6.10 Å². The minimum Gasteiger partial charge on any atom is -0.393 e. The van der Waals surface area contributed by atoms with E-state index in [0.717, 1.165) is 44.7 Å². The molecule has 3 heteroatoms. The highest BCUT2D eigenvalue weighted by molar-refractivity contribution is 5.76. The fraction of sp³-hybridized carbons (Fsp3) is 0.933. The van der Waals surface area contributed by atoms with Crippen molar-refractivity contribution in [1.82, 2.24) is 4.90 Å². The van der Waals surface area contributed by atoms with E-state index in [1.165, 1.54) is 25.7 Å². The SMILES string of the molecule is CCC1CN(C(=O)CCC2CCCC2)CCC1O. The second kappa shape index (κ2) is 6.55. The fourth-order valence-corrected chi connectivity index (χ4v) is 3.43. The van der Waals surface area contributed by atoms with E-state index in [0.29, 0.717) is 5.91 Å². The predicted octanol–water partition coefficient (Wildman–Crippen LogP) is 2.58. The molecule has 0 aromatic heterocycles. The molecule has 0 radical (unpaired) electrons. The molecule has 1 amide bonds. The van der Waals surface area contributed by atoms with Crippen molar-refractivity contribution in [2.75, 3.05) is 13.1 Å². The minimum atomic E-state index is -0.200. The molecule has 2 rings (SSSR count). The number of amides is 1. The van der Waals surface area contributed by atoms with E-state index in [9.17, 15) is 9.90 Å². The summed E-state index contributed by atoms with van der Waals surface area (Å²) < 4.78 is 0. The summed E-state index contributed by atoms with van der Waals surface area (Å²) in [5.74, 6) is 1.40. The summed E-state index contributed by atoms with van der Waals surface area (Å²) in [7, 11) is 0. The van der Waals surface area contributed by atoms with Gasteiger partial charge in [-0.2, -0.15) is 0 Å². The van der Waals surface area contributed by atoms with Crippen LogP contribution in [0.5, 0.6) is 0 Å². The third-order valence-corrected chi connectivity index (χ3v) is 4.81. The Balaban J connectivity index is 1.74. The molecule has 104 valence electrons. The van der Waals surface area contributed by atoms with Crippen molar-refractivity contribution in [3.8, 4) is 0 Å². The van der Waals surface area contributed by atoms with Crippen molar-refractivity contribution < 1.29 is 9.90 Å². The highest BCUT2D eigenvalue weighted by Crippen LogP contribution is 2.29. The number of hydrogen-bond acceptors (Lipinski definition) is 2. The van der Waals surface area contributed by atoms with Crippen LogP contribution in [0.2, 0.25) is 0 Å². The molecular weight excluding hydrogens is 226 g/mol. The fourth-order valence-electron chi connectivity index (χ4n) is 3.43. The summed E-state index contributed by atoms with van der Waals surface area (Å²) in [4.78, 5) is 14.1. The first-order chi connectivity index (χ1) is 8.70. The largest absolute Gasteiger partial charge is 0.393 e. The Labute approximate surface area is 111 Å². The Morgan fingerprint density at radius 2 is 2.00 bits per heavy atom. The first-order valence-corrected chi connectivity index (χ1v) is 7.66. The lowest BCUT2D eigenvalue weighted by Gasteiger charge is -2.36. The first-order valence-electron chi connectivity index (χ1n) is 7.66. The lowest BCUT2D eigenvalue weighted by molar-refractivity contribution is -0.135. The first kappa shape index (κ1) is 13.9. The molecule has 1 N–H and O–H groups in total. The molecule has 1 saturated heterocycles. The molecule has 2 fully saturated rings. The molecule has 2 atom stereocenters. The van der Waals surface area contributed by atoms with Crippen LogP contribution in [0.4, 0.5) is 0 Å². The number of aliphatic hydroxyl groups is 1. The van der Waals surface area contributed by atoms with Crippen LogP contribution in [0.1, 0.15) is 58.3 Å². The summed E-state index contributed by atoms with van der Waals surface area (Å²) in [6, 6.07) is 0. The van der Waals surface area contributed by atoms with Crippen molar-refractivity contribution in [1.29, 1.82) is 0 Å². The van der Waals surface area contributed by atoms with Crippen LogP contribution in [0.25, 0.3) is 0 Å². The molecule has 18 heavy (non-hydrogen) atoms. The normalized spacial score (nSPS) is 29.8. The molecular formula is C15H27NO2. The minimum absolute atomic E-state index is 0.200. The van der Waals surface area contributed by atoms with E-state index < -0.39 is 0 Å². The van der Waals surface area contributed by atoms with Crippen LogP contribution < -0.4 is 0 Å². The van der Waals surface area contributed by atoms with Gasteiger partial charge in [-0.3, -0.25) is 4.79 Å². The lowest BCUT2D eigenvalue weighted by atomic mass is 9.92.